The first kappa shape index (κ1) is 15.8. The molecule has 7 heteroatoms. The summed E-state index contributed by atoms with van der Waals surface area (Å²) >= 11 is 4.52. The first-order valence-corrected chi connectivity index (χ1v) is 8.36. The van der Waals surface area contributed by atoms with Crippen LogP contribution in [0.25, 0.3) is 5.57 Å². The van der Waals surface area contributed by atoms with Crippen molar-refractivity contribution in [2.75, 3.05) is 0 Å². The Morgan fingerprint density at radius 3 is 2.61 bits per heavy atom. The number of nitrogens with zero attached hydrogens (tertiary/aromatic N) is 1. The van der Waals surface area contributed by atoms with Gasteiger partial charge in [0.2, 0.25) is 0 Å². The first-order valence-electron chi connectivity index (χ1n) is 6.69. The molecule has 1 heterocycles. The van der Waals surface area contributed by atoms with E-state index in [2.05, 4.69) is 15.9 Å². The molecule has 0 aliphatic carbocycles. The molecule has 0 radical (unpaired) electrons. The van der Waals surface area contributed by atoms with Gasteiger partial charge in [-0.2, -0.15) is 0 Å². The molecule has 1 aliphatic rings. The van der Waals surface area contributed by atoms with E-state index >= 15 is 0 Å². The Hall–Kier alpha value is -2.12. The number of para-hydroxylation sites is 1. The van der Waals surface area contributed by atoms with E-state index in [4.69, 9.17) is 5.73 Å². The van der Waals surface area contributed by atoms with Crippen LogP contribution in [0.4, 0.5) is 5.69 Å². The molecule has 0 saturated carbocycles. The van der Waals surface area contributed by atoms with Gasteiger partial charge in [0.25, 0.3) is 5.69 Å². The number of thioether (sulfide) groups is 1. The topological polar surface area (TPSA) is 86.2 Å². The number of nitrogens with two attached hydrogens (primary N) is 1. The van der Waals surface area contributed by atoms with Gasteiger partial charge in [0.15, 0.2) is 5.78 Å². The predicted octanol–water partition coefficient (Wildman–Crippen LogP) is 4.04. The molecule has 0 bridgehead atoms. The van der Waals surface area contributed by atoms with Crippen molar-refractivity contribution in [2.45, 2.75) is 5.25 Å². The molecule has 116 valence electrons. The fourth-order valence-electron chi connectivity index (χ4n) is 2.50. The molecule has 0 saturated heterocycles. The highest BCUT2D eigenvalue weighted by Gasteiger charge is 2.38. The molecule has 3 rings (SSSR count). The number of allylic oxidation sites excluding steroid dienone is 1. The highest BCUT2D eigenvalue weighted by Crippen LogP contribution is 2.48. The summed E-state index contributed by atoms with van der Waals surface area (Å²) in [5.41, 5.74) is 7.47. The maximum absolute atomic E-state index is 12.8. The van der Waals surface area contributed by atoms with Gasteiger partial charge in [-0.15, -0.1) is 0 Å². The number of hydrogen-bond acceptors (Lipinski definition) is 5. The molecule has 0 spiro atoms. The van der Waals surface area contributed by atoms with Gasteiger partial charge in [-0.1, -0.05) is 58.0 Å². The SMILES string of the molecule is NC1=C(c2cccc(Br)c2)C(=O)C(c2ccccc2[N+](=O)[O-])S1. The first-order chi connectivity index (χ1) is 11.0. The molecule has 1 aliphatic heterocycles. The maximum atomic E-state index is 12.8. The summed E-state index contributed by atoms with van der Waals surface area (Å²) in [5, 5.41) is 10.9. The van der Waals surface area contributed by atoms with Gasteiger partial charge in [0, 0.05) is 10.5 Å². The molecular weight excluding hydrogens is 380 g/mol. The molecule has 0 fully saturated rings. The largest absolute Gasteiger partial charge is 0.393 e. The van der Waals surface area contributed by atoms with Gasteiger partial charge in [-0.3, -0.25) is 14.9 Å². The lowest BCUT2D eigenvalue weighted by Gasteiger charge is -2.09. The second kappa shape index (κ2) is 6.17. The molecule has 1 unspecified atom stereocenters. The van der Waals surface area contributed by atoms with Gasteiger partial charge in [-0.05, 0) is 17.7 Å². The van der Waals surface area contributed by atoms with E-state index in [0.29, 0.717) is 21.7 Å². The third-order valence-electron chi connectivity index (χ3n) is 3.50. The minimum atomic E-state index is -0.689. The van der Waals surface area contributed by atoms with Crippen molar-refractivity contribution in [2.24, 2.45) is 5.73 Å². The quantitative estimate of drug-likeness (QED) is 0.630. The van der Waals surface area contributed by atoms with Crippen LogP contribution >= 0.6 is 27.7 Å². The Balaban J connectivity index is 2.02. The van der Waals surface area contributed by atoms with E-state index in [1.165, 1.54) is 6.07 Å². The number of nitro benzene ring substituents is 1. The molecule has 23 heavy (non-hydrogen) atoms. The number of hydrogen-bond donors (Lipinski definition) is 1. The Morgan fingerprint density at radius 1 is 1.17 bits per heavy atom. The summed E-state index contributed by atoms with van der Waals surface area (Å²) in [5.74, 6) is -0.208. The Morgan fingerprint density at radius 2 is 1.91 bits per heavy atom. The zero-order valence-electron chi connectivity index (χ0n) is 11.7. The van der Waals surface area contributed by atoms with Crippen LogP contribution in [0, 0.1) is 10.1 Å². The van der Waals surface area contributed by atoms with Crippen molar-refractivity contribution in [3.63, 3.8) is 0 Å². The van der Waals surface area contributed by atoms with Crippen LogP contribution in [-0.2, 0) is 4.79 Å². The second-order valence-corrected chi connectivity index (χ2v) is 6.99. The molecule has 2 aromatic carbocycles. The lowest BCUT2D eigenvalue weighted by Crippen LogP contribution is -2.08. The van der Waals surface area contributed by atoms with Gasteiger partial charge in [-0.25, -0.2) is 0 Å². The number of ketones is 1. The van der Waals surface area contributed by atoms with E-state index in [9.17, 15) is 14.9 Å². The lowest BCUT2D eigenvalue weighted by atomic mass is 9.97. The monoisotopic (exact) mass is 390 g/mol. The third kappa shape index (κ3) is 2.89. The highest BCUT2D eigenvalue weighted by molar-refractivity contribution is 9.10. The standard InChI is InChI=1S/C16H11BrN2O3S/c17-10-5-3-4-9(8-10)13-14(20)15(23-16(13)18)11-6-1-2-7-12(11)19(21)22/h1-8,15H,18H2. The molecule has 5 nitrogen and oxygen atoms in total. The van der Waals surface area contributed by atoms with Crippen molar-refractivity contribution >= 4 is 44.7 Å². The van der Waals surface area contributed by atoms with E-state index in [1.807, 2.05) is 18.2 Å². The third-order valence-corrected chi connectivity index (χ3v) is 5.16. The molecular formula is C16H11BrN2O3S. The van der Waals surface area contributed by atoms with Crippen molar-refractivity contribution in [3.05, 3.63) is 79.3 Å². The lowest BCUT2D eigenvalue weighted by molar-refractivity contribution is -0.385. The normalized spacial score (nSPS) is 17.6. The Labute approximate surface area is 144 Å². The summed E-state index contributed by atoms with van der Waals surface area (Å²) in [4.78, 5) is 23.5. The van der Waals surface area contributed by atoms with Gasteiger partial charge < -0.3 is 5.73 Å². The van der Waals surface area contributed by atoms with E-state index in [0.717, 1.165) is 16.2 Å². The zero-order valence-corrected chi connectivity index (χ0v) is 14.1. The molecule has 0 aromatic heterocycles. The summed E-state index contributed by atoms with van der Waals surface area (Å²) in [6, 6.07) is 13.5. The van der Waals surface area contributed by atoms with E-state index in [1.54, 1.807) is 24.3 Å². The number of rotatable bonds is 3. The number of halogens is 1. The van der Waals surface area contributed by atoms with Crippen LogP contribution in [-0.4, -0.2) is 10.7 Å². The van der Waals surface area contributed by atoms with E-state index in [-0.39, 0.29) is 11.5 Å². The Bertz CT molecular complexity index is 851. The van der Waals surface area contributed by atoms with Gasteiger partial charge >= 0.3 is 0 Å². The van der Waals surface area contributed by atoms with Gasteiger partial charge in [0.05, 0.1) is 21.1 Å². The number of carbonyl (C=O) groups excluding carboxylic acids is 1. The fraction of sp³-hybridized carbons (Fsp3) is 0.0625. The summed E-state index contributed by atoms with van der Waals surface area (Å²) < 4.78 is 0.835. The van der Waals surface area contributed by atoms with Crippen LogP contribution in [0.2, 0.25) is 0 Å². The number of Topliss-reactive ketones (excluding diaryl/α,β-unsaturated/α-hetero) is 1. The highest BCUT2D eigenvalue weighted by atomic mass is 79.9. The Kier molecular flexibility index (Phi) is 4.23. The van der Waals surface area contributed by atoms with Crippen LogP contribution in [0.1, 0.15) is 16.4 Å². The molecule has 1 atom stereocenters. The van der Waals surface area contributed by atoms with Crippen LogP contribution in [0.3, 0.4) is 0 Å². The molecule has 2 aromatic rings. The van der Waals surface area contributed by atoms with Gasteiger partial charge in [0.1, 0.15) is 5.25 Å². The molecule has 0 amide bonds. The van der Waals surface area contributed by atoms with E-state index < -0.39 is 10.2 Å². The summed E-state index contributed by atoms with van der Waals surface area (Å²) in [7, 11) is 0. The average Bonchev–Trinajstić information content (AvgIpc) is 2.82. The van der Waals surface area contributed by atoms with Crippen LogP contribution in [0.5, 0.6) is 0 Å². The fourth-order valence-corrected chi connectivity index (χ4v) is 4.04. The number of nitro groups is 1. The smallest absolute Gasteiger partial charge is 0.274 e. The number of carbonyl (C=O) groups is 1. The maximum Gasteiger partial charge on any atom is 0.274 e. The number of benzene rings is 2. The van der Waals surface area contributed by atoms with Crippen molar-refractivity contribution < 1.29 is 9.72 Å². The second-order valence-electron chi connectivity index (χ2n) is 4.93. The van der Waals surface area contributed by atoms with Crippen molar-refractivity contribution in [1.29, 1.82) is 0 Å². The average molecular weight is 391 g/mol. The van der Waals surface area contributed by atoms with Crippen molar-refractivity contribution in [3.8, 4) is 0 Å². The molecule has 2 N–H and O–H groups in total. The van der Waals surface area contributed by atoms with Crippen LogP contribution < -0.4 is 5.73 Å². The minimum absolute atomic E-state index is 0.0679. The predicted molar refractivity (Wildman–Crippen MR) is 93.7 cm³/mol. The summed E-state index contributed by atoms with van der Waals surface area (Å²) in [6.45, 7) is 0. The summed E-state index contributed by atoms with van der Waals surface area (Å²) in [6.07, 6.45) is 0. The van der Waals surface area contributed by atoms with Crippen molar-refractivity contribution in [1.82, 2.24) is 0 Å². The zero-order chi connectivity index (χ0) is 16.6. The minimum Gasteiger partial charge on any atom is -0.393 e. The van der Waals surface area contributed by atoms with Crippen LogP contribution in [0.15, 0.2) is 58.0 Å².